The van der Waals surface area contributed by atoms with Crippen molar-refractivity contribution in [3.63, 3.8) is 0 Å². The Balaban J connectivity index is 2.17. The molecule has 2 rings (SSSR count). The maximum atomic E-state index is 6.14. The Labute approximate surface area is 127 Å². The summed E-state index contributed by atoms with van der Waals surface area (Å²) < 4.78 is 3.10. The van der Waals surface area contributed by atoms with Gasteiger partial charge in [0.25, 0.3) is 0 Å². The lowest BCUT2D eigenvalue weighted by molar-refractivity contribution is 0.523. The van der Waals surface area contributed by atoms with Gasteiger partial charge in [-0.2, -0.15) is 5.10 Å². The highest BCUT2D eigenvalue weighted by Gasteiger charge is 2.15. The summed E-state index contributed by atoms with van der Waals surface area (Å²) in [5.74, 6) is 0.879. The van der Waals surface area contributed by atoms with E-state index in [2.05, 4.69) is 53.1 Å². The average molecular weight is 342 g/mol. The molecule has 19 heavy (non-hydrogen) atoms. The second kappa shape index (κ2) is 6.58. The van der Waals surface area contributed by atoms with Crippen molar-refractivity contribution in [1.82, 2.24) is 9.78 Å². The molecule has 4 heteroatoms. The number of benzene rings is 1. The van der Waals surface area contributed by atoms with Crippen molar-refractivity contribution in [3.8, 4) is 0 Å². The molecule has 0 aliphatic heterocycles. The molecule has 1 unspecified atom stereocenters. The quantitative estimate of drug-likeness (QED) is 0.715. The summed E-state index contributed by atoms with van der Waals surface area (Å²) in [5, 5.41) is 4.60. The van der Waals surface area contributed by atoms with E-state index in [1.54, 1.807) is 0 Å². The maximum absolute atomic E-state index is 6.14. The molecule has 1 atom stereocenters. The Morgan fingerprint density at radius 3 is 2.58 bits per heavy atom. The first-order valence-corrected chi connectivity index (χ1v) is 7.79. The highest BCUT2D eigenvalue weighted by atomic mass is 79.9. The smallest absolute Gasteiger partial charge is 0.0631 e. The van der Waals surface area contributed by atoms with Gasteiger partial charge in [0, 0.05) is 28.5 Å². The van der Waals surface area contributed by atoms with Crippen LogP contribution >= 0.6 is 27.5 Å². The molecular weight excluding hydrogens is 324 g/mol. The van der Waals surface area contributed by atoms with Crippen LogP contribution < -0.4 is 0 Å². The Morgan fingerprint density at radius 2 is 2.00 bits per heavy atom. The molecule has 1 heterocycles. The molecule has 0 fully saturated rings. The number of hydrogen-bond donors (Lipinski definition) is 0. The van der Waals surface area contributed by atoms with Crippen molar-refractivity contribution >= 4 is 27.5 Å². The molecule has 0 aliphatic carbocycles. The number of nitrogens with zero attached hydrogens (tertiary/aromatic N) is 2. The van der Waals surface area contributed by atoms with E-state index in [9.17, 15) is 0 Å². The minimum absolute atomic E-state index is 0.285. The Bertz CT molecular complexity index is 536. The van der Waals surface area contributed by atoms with Gasteiger partial charge in [-0.15, -0.1) is 11.6 Å². The van der Waals surface area contributed by atoms with Crippen molar-refractivity contribution < 1.29 is 0 Å². The summed E-state index contributed by atoms with van der Waals surface area (Å²) >= 11 is 9.73. The number of rotatable bonds is 5. The van der Waals surface area contributed by atoms with Crippen LogP contribution in [-0.2, 0) is 6.42 Å². The fraction of sp³-hybridized carbons (Fsp3) is 0.400. The third kappa shape index (κ3) is 3.61. The SMILES string of the molecule is CC(C)n1ccc(CC(CCl)c2ccccc2Br)n1. The van der Waals surface area contributed by atoms with E-state index in [1.807, 2.05) is 23.0 Å². The zero-order valence-corrected chi connectivity index (χ0v) is 13.5. The van der Waals surface area contributed by atoms with Crippen LogP contribution in [0.25, 0.3) is 0 Å². The fourth-order valence-electron chi connectivity index (χ4n) is 2.08. The molecule has 0 saturated carbocycles. The molecule has 1 aromatic carbocycles. The summed E-state index contributed by atoms with van der Waals surface area (Å²) in [4.78, 5) is 0. The Hall–Kier alpha value is -0.800. The first-order chi connectivity index (χ1) is 9.11. The van der Waals surface area contributed by atoms with E-state index in [0.29, 0.717) is 11.9 Å². The highest BCUT2D eigenvalue weighted by Crippen LogP contribution is 2.28. The first kappa shape index (κ1) is 14.6. The van der Waals surface area contributed by atoms with Crippen molar-refractivity contribution in [3.05, 3.63) is 52.3 Å². The highest BCUT2D eigenvalue weighted by molar-refractivity contribution is 9.10. The second-order valence-corrected chi connectivity index (χ2v) is 6.12. The van der Waals surface area contributed by atoms with E-state index in [4.69, 9.17) is 11.6 Å². The molecule has 0 aliphatic rings. The number of halogens is 2. The van der Waals surface area contributed by atoms with Gasteiger partial charge >= 0.3 is 0 Å². The van der Waals surface area contributed by atoms with Crippen LogP contribution in [0.2, 0.25) is 0 Å². The lowest BCUT2D eigenvalue weighted by atomic mass is 9.96. The van der Waals surface area contributed by atoms with E-state index in [0.717, 1.165) is 16.6 Å². The van der Waals surface area contributed by atoms with Gasteiger partial charge in [0.1, 0.15) is 0 Å². The molecule has 0 spiro atoms. The molecule has 0 saturated heterocycles. The van der Waals surface area contributed by atoms with Crippen molar-refractivity contribution in [1.29, 1.82) is 0 Å². The molecule has 2 nitrogen and oxygen atoms in total. The third-order valence-electron chi connectivity index (χ3n) is 3.18. The van der Waals surface area contributed by atoms with Gasteiger partial charge in [0.2, 0.25) is 0 Å². The lowest BCUT2D eigenvalue weighted by Gasteiger charge is -2.14. The summed E-state index contributed by atoms with van der Waals surface area (Å²) in [6.07, 6.45) is 2.90. The molecule has 1 aromatic heterocycles. The number of hydrogen-bond acceptors (Lipinski definition) is 1. The van der Waals surface area contributed by atoms with Gasteiger partial charge in [-0.3, -0.25) is 4.68 Å². The molecule has 0 bridgehead atoms. The van der Waals surface area contributed by atoms with E-state index >= 15 is 0 Å². The van der Waals surface area contributed by atoms with Gasteiger partial charge in [0.05, 0.1) is 5.69 Å². The third-order valence-corrected chi connectivity index (χ3v) is 4.27. The number of aromatic nitrogens is 2. The van der Waals surface area contributed by atoms with Crippen molar-refractivity contribution in [2.45, 2.75) is 32.2 Å². The van der Waals surface area contributed by atoms with Gasteiger partial charge in [-0.05, 0) is 38.0 Å². The summed E-state index contributed by atoms with van der Waals surface area (Å²) in [7, 11) is 0. The Morgan fingerprint density at radius 1 is 1.26 bits per heavy atom. The number of alkyl halides is 1. The van der Waals surface area contributed by atoms with Gasteiger partial charge in [-0.25, -0.2) is 0 Å². The van der Waals surface area contributed by atoms with Crippen LogP contribution in [0.15, 0.2) is 41.0 Å². The van der Waals surface area contributed by atoms with Crippen LogP contribution in [0, 0.1) is 0 Å². The van der Waals surface area contributed by atoms with Gasteiger partial charge < -0.3 is 0 Å². The fourth-order valence-corrected chi connectivity index (χ4v) is 2.96. The van der Waals surface area contributed by atoms with Crippen molar-refractivity contribution in [2.24, 2.45) is 0 Å². The monoisotopic (exact) mass is 340 g/mol. The lowest BCUT2D eigenvalue weighted by Crippen LogP contribution is -2.07. The van der Waals surface area contributed by atoms with Crippen LogP contribution in [0.4, 0.5) is 0 Å². The minimum atomic E-state index is 0.285. The van der Waals surface area contributed by atoms with Crippen LogP contribution in [0.3, 0.4) is 0 Å². The topological polar surface area (TPSA) is 17.8 Å². The van der Waals surface area contributed by atoms with Crippen molar-refractivity contribution in [2.75, 3.05) is 5.88 Å². The molecule has 0 amide bonds. The first-order valence-electron chi connectivity index (χ1n) is 6.46. The maximum Gasteiger partial charge on any atom is 0.0631 e. The molecule has 0 radical (unpaired) electrons. The normalized spacial score (nSPS) is 12.9. The summed E-state index contributed by atoms with van der Waals surface area (Å²) in [6.45, 7) is 4.26. The van der Waals surface area contributed by atoms with Crippen LogP contribution in [0.5, 0.6) is 0 Å². The molecule has 0 N–H and O–H groups in total. The van der Waals surface area contributed by atoms with Gasteiger partial charge in [-0.1, -0.05) is 34.1 Å². The van der Waals surface area contributed by atoms with E-state index in [-0.39, 0.29) is 5.92 Å². The zero-order chi connectivity index (χ0) is 13.8. The largest absolute Gasteiger partial charge is 0.270 e. The summed E-state index contributed by atoms with van der Waals surface area (Å²) in [5.41, 5.74) is 2.34. The standard InChI is InChI=1S/C15H18BrClN2/c1-11(2)19-8-7-13(18-19)9-12(10-17)14-5-3-4-6-15(14)16/h3-8,11-12H,9-10H2,1-2H3. The molecular formula is C15H18BrClN2. The zero-order valence-electron chi connectivity index (χ0n) is 11.2. The van der Waals surface area contributed by atoms with E-state index in [1.165, 1.54) is 5.56 Å². The van der Waals surface area contributed by atoms with E-state index < -0.39 is 0 Å². The van der Waals surface area contributed by atoms with Crippen LogP contribution in [0.1, 0.15) is 37.1 Å². The predicted octanol–water partition coefficient (Wildman–Crippen LogP) is 4.79. The van der Waals surface area contributed by atoms with Crippen LogP contribution in [-0.4, -0.2) is 15.7 Å². The molecule has 2 aromatic rings. The average Bonchev–Trinajstić information content (AvgIpc) is 2.86. The van der Waals surface area contributed by atoms with Gasteiger partial charge in [0.15, 0.2) is 0 Å². The predicted molar refractivity (Wildman–Crippen MR) is 83.9 cm³/mol. The minimum Gasteiger partial charge on any atom is -0.270 e. The summed E-state index contributed by atoms with van der Waals surface area (Å²) in [6, 6.07) is 10.7. The second-order valence-electron chi connectivity index (χ2n) is 4.96. The Kier molecular flexibility index (Phi) is 5.06. The molecule has 102 valence electrons.